The average molecular weight is 225 g/mol. The Hall–Kier alpha value is -1.36. The lowest BCUT2D eigenvalue weighted by atomic mass is 10.1. The van der Waals surface area contributed by atoms with Crippen LogP contribution in [0, 0.1) is 19.8 Å². The molecule has 0 aromatic carbocycles. The maximum absolute atomic E-state index is 11.8. The Balaban J connectivity index is 2.53. The van der Waals surface area contributed by atoms with Crippen LogP contribution < -0.4 is 10.6 Å². The molecular formula is C11H19N3O2. The normalized spacial score (nSPS) is 12.5. The van der Waals surface area contributed by atoms with Gasteiger partial charge in [0, 0.05) is 6.54 Å². The number of nitrogens with zero attached hydrogens (tertiary/aromatic N) is 1. The molecule has 90 valence electrons. The van der Waals surface area contributed by atoms with Crippen LogP contribution in [0.4, 0.5) is 0 Å². The molecule has 0 fully saturated rings. The smallest absolute Gasteiger partial charge is 0.256 e. The number of nitrogens with one attached hydrogen (secondary N) is 2. The molecule has 2 N–H and O–H groups in total. The molecule has 1 rings (SSSR count). The predicted octanol–water partition coefficient (Wildman–Crippen LogP) is 0.877. The van der Waals surface area contributed by atoms with Crippen molar-refractivity contribution in [3.05, 3.63) is 17.0 Å². The highest BCUT2D eigenvalue weighted by molar-refractivity contribution is 5.96. The van der Waals surface area contributed by atoms with E-state index in [0.717, 1.165) is 6.54 Å². The highest BCUT2D eigenvalue weighted by Gasteiger charge is 2.17. The Morgan fingerprint density at radius 2 is 2.12 bits per heavy atom. The van der Waals surface area contributed by atoms with Crippen molar-refractivity contribution in [2.75, 3.05) is 20.1 Å². The second-order valence-electron chi connectivity index (χ2n) is 4.07. The van der Waals surface area contributed by atoms with Gasteiger partial charge in [0.1, 0.15) is 11.3 Å². The van der Waals surface area contributed by atoms with Gasteiger partial charge >= 0.3 is 0 Å². The van der Waals surface area contributed by atoms with Crippen molar-refractivity contribution < 1.29 is 9.32 Å². The molecule has 0 aliphatic heterocycles. The molecule has 0 bridgehead atoms. The molecule has 5 heteroatoms. The molecule has 0 spiro atoms. The summed E-state index contributed by atoms with van der Waals surface area (Å²) in [6.45, 7) is 7.10. The Kier molecular flexibility index (Phi) is 4.49. The first kappa shape index (κ1) is 12.7. The largest absolute Gasteiger partial charge is 0.361 e. The van der Waals surface area contributed by atoms with Crippen molar-refractivity contribution >= 4 is 5.91 Å². The fraction of sp³-hybridized carbons (Fsp3) is 0.636. The van der Waals surface area contributed by atoms with Gasteiger partial charge in [0.25, 0.3) is 5.91 Å². The van der Waals surface area contributed by atoms with Crippen LogP contribution in [0.15, 0.2) is 4.52 Å². The first-order valence-electron chi connectivity index (χ1n) is 5.42. The van der Waals surface area contributed by atoms with Gasteiger partial charge in [0.05, 0.1) is 5.69 Å². The summed E-state index contributed by atoms with van der Waals surface area (Å²) in [6, 6.07) is 0. The van der Waals surface area contributed by atoms with E-state index >= 15 is 0 Å². The average Bonchev–Trinajstić information content (AvgIpc) is 2.56. The van der Waals surface area contributed by atoms with E-state index in [1.165, 1.54) is 0 Å². The fourth-order valence-corrected chi connectivity index (χ4v) is 1.58. The van der Waals surface area contributed by atoms with Crippen molar-refractivity contribution in [3.8, 4) is 0 Å². The zero-order valence-corrected chi connectivity index (χ0v) is 10.3. The minimum Gasteiger partial charge on any atom is -0.361 e. The summed E-state index contributed by atoms with van der Waals surface area (Å²) in [6.07, 6.45) is 0. The van der Waals surface area contributed by atoms with Gasteiger partial charge in [-0.25, -0.2) is 0 Å². The standard InChI is InChI=1S/C11H19N3O2/c1-7(5-12-4)6-13-11(15)10-8(2)14-16-9(10)3/h7,12H,5-6H2,1-4H3,(H,13,15). The monoisotopic (exact) mass is 225 g/mol. The van der Waals surface area contributed by atoms with Crippen LogP contribution in [0.3, 0.4) is 0 Å². The summed E-state index contributed by atoms with van der Waals surface area (Å²) in [5, 5.41) is 9.69. The molecule has 0 saturated carbocycles. The van der Waals surface area contributed by atoms with Crippen LogP contribution in [0.2, 0.25) is 0 Å². The molecule has 0 saturated heterocycles. The van der Waals surface area contributed by atoms with Gasteiger partial charge in [-0.05, 0) is 33.4 Å². The Morgan fingerprint density at radius 3 is 2.62 bits per heavy atom. The molecule has 1 aromatic rings. The highest BCUT2D eigenvalue weighted by atomic mass is 16.5. The molecule has 1 heterocycles. The summed E-state index contributed by atoms with van der Waals surface area (Å²) < 4.78 is 4.95. The third-order valence-electron chi connectivity index (χ3n) is 2.42. The molecule has 1 amide bonds. The molecule has 1 unspecified atom stereocenters. The minimum absolute atomic E-state index is 0.112. The van der Waals surface area contributed by atoms with Crippen LogP contribution >= 0.6 is 0 Å². The summed E-state index contributed by atoms with van der Waals surface area (Å²) in [5.74, 6) is 0.852. The molecular weight excluding hydrogens is 206 g/mol. The number of rotatable bonds is 5. The summed E-state index contributed by atoms with van der Waals surface area (Å²) in [4.78, 5) is 11.8. The number of carbonyl (C=O) groups is 1. The van der Waals surface area contributed by atoms with Gasteiger partial charge < -0.3 is 15.2 Å². The summed E-state index contributed by atoms with van der Waals surface area (Å²) in [5.41, 5.74) is 1.19. The number of aromatic nitrogens is 1. The fourth-order valence-electron chi connectivity index (χ4n) is 1.58. The first-order valence-corrected chi connectivity index (χ1v) is 5.42. The van der Waals surface area contributed by atoms with Gasteiger partial charge in [0.15, 0.2) is 0 Å². The lowest BCUT2D eigenvalue weighted by Gasteiger charge is -2.11. The predicted molar refractivity (Wildman–Crippen MR) is 61.4 cm³/mol. The van der Waals surface area contributed by atoms with E-state index in [-0.39, 0.29) is 5.91 Å². The van der Waals surface area contributed by atoms with Crippen LogP contribution in [0.25, 0.3) is 0 Å². The van der Waals surface area contributed by atoms with E-state index in [4.69, 9.17) is 4.52 Å². The van der Waals surface area contributed by atoms with Crippen LogP contribution in [0.5, 0.6) is 0 Å². The molecule has 0 radical (unpaired) electrons. The third-order valence-corrected chi connectivity index (χ3v) is 2.42. The number of amides is 1. The Labute approximate surface area is 95.6 Å². The lowest BCUT2D eigenvalue weighted by Crippen LogP contribution is -2.32. The van der Waals surface area contributed by atoms with E-state index in [9.17, 15) is 4.79 Å². The van der Waals surface area contributed by atoms with Crippen LogP contribution in [0.1, 0.15) is 28.7 Å². The molecule has 16 heavy (non-hydrogen) atoms. The van der Waals surface area contributed by atoms with E-state index in [0.29, 0.717) is 29.5 Å². The second-order valence-corrected chi connectivity index (χ2v) is 4.07. The van der Waals surface area contributed by atoms with Gasteiger partial charge in [-0.3, -0.25) is 4.79 Å². The lowest BCUT2D eigenvalue weighted by molar-refractivity contribution is 0.0946. The summed E-state index contributed by atoms with van der Waals surface area (Å²) >= 11 is 0. The minimum atomic E-state index is -0.112. The molecule has 0 aliphatic rings. The molecule has 5 nitrogen and oxygen atoms in total. The SMILES string of the molecule is CNCC(C)CNC(=O)c1c(C)noc1C. The van der Waals surface area contributed by atoms with Crippen molar-refractivity contribution in [3.63, 3.8) is 0 Å². The maximum atomic E-state index is 11.8. The maximum Gasteiger partial charge on any atom is 0.256 e. The van der Waals surface area contributed by atoms with Crippen molar-refractivity contribution in [2.45, 2.75) is 20.8 Å². The van der Waals surface area contributed by atoms with Crippen LogP contribution in [-0.2, 0) is 0 Å². The highest BCUT2D eigenvalue weighted by Crippen LogP contribution is 2.11. The van der Waals surface area contributed by atoms with Gasteiger partial charge in [-0.1, -0.05) is 12.1 Å². The second kappa shape index (κ2) is 5.65. The Bertz CT molecular complexity index is 341. The van der Waals surface area contributed by atoms with Crippen molar-refractivity contribution in [1.82, 2.24) is 15.8 Å². The topological polar surface area (TPSA) is 67.2 Å². The van der Waals surface area contributed by atoms with Crippen molar-refractivity contribution in [2.24, 2.45) is 5.92 Å². The van der Waals surface area contributed by atoms with Gasteiger partial charge in [-0.15, -0.1) is 0 Å². The number of carbonyl (C=O) groups excluding carboxylic acids is 1. The van der Waals surface area contributed by atoms with Crippen LogP contribution in [-0.4, -0.2) is 31.2 Å². The van der Waals surface area contributed by atoms with E-state index in [2.05, 4.69) is 22.7 Å². The summed E-state index contributed by atoms with van der Waals surface area (Å²) in [7, 11) is 1.90. The van der Waals surface area contributed by atoms with Crippen molar-refractivity contribution in [1.29, 1.82) is 0 Å². The molecule has 1 aromatic heterocycles. The number of aryl methyl sites for hydroxylation is 2. The number of hydrogen-bond donors (Lipinski definition) is 2. The first-order chi connectivity index (χ1) is 7.56. The molecule has 0 aliphatic carbocycles. The Morgan fingerprint density at radius 1 is 1.44 bits per heavy atom. The van der Waals surface area contributed by atoms with E-state index in [1.807, 2.05) is 7.05 Å². The van der Waals surface area contributed by atoms with Gasteiger partial charge in [-0.2, -0.15) is 0 Å². The van der Waals surface area contributed by atoms with Gasteiger partial charge in [0.2, 0.25) is 0 Å². The zero-order valence-electron chi connectivity index (χ0n) is 10.3. The van der Waals surface area contributed by atoms with E-state index < -0.39 is 0 Å². The van der Waals surface area contributed by atoms with E-state index in [1.54, 1.807) is 13.8 Å². The number of hydrogen-bond acceptors (Lipinski definition) is 4. The zero-order chi connectivity index (χ0) is 12.1. The quantitative estimate of drug-likeness (QED) is 0.780. The molecule has 1 atom stereocenters. The third kappa shape index (κ3) is 3.06.